The molecule has 3 aliphatic carbocycles. The summed E-state index contributed by atoms with van der Waals surface area (Å²) in [4.78, 5) is 29.9. The lowest BCUT2D eigenvalue weighted by molar-refractivity contribution is -0.146. The quantitative estimate of drug-likeness (QED) is 0.670. The number of anilines is 1. The monoisotopic (exact) mass is 419 g/mol. The average Bonchev–Trinajstić information content (AvgIpc) is 3.27. The fourth-order valence-corrected chi connectivity index (χ4v) is 4.81. The van der Waals surface area contributed by atoms with Gasteiger partial charge in [0.25, 0.3) is 0 Å². The van der Waals surface area contributed by atoms with Gasteiger partial charge in [-0.05, 0) is 91.2 Å². The standard InChI is InChI=1S/C25H29N3O3/c29-24(31-15-16-9-10-16)22(12-17-4-3-11-26-14-17)27-25(30)28-23-20-7-1-5-18(20)13-19-6-2-8-21(19)23/h3-4,11,13-14,16,22H,1-2,5-10,12,15H2,(H2,27,28,30)/t22-/m1/s1. The minimum atomic E-state index is -0.743. The summed E-state index contributed by atoms with van der Waals surface area (Å²) in [6, 6.07) is 5.00. The molecule has 5 rings (SSSR count). The first-order valence-corrected chi connectivity index (χ1v) is 11.5. The van der Waals surface area contributed by atoms with Crippen LogP contribution in [0.4, 0.5) is 10.5 Å². The number of hydrogen-bond acceptors (Lipinski definition) is 4. The van der Waals surface area contributed by atoms with Gasteiger partial charge in [0.15, 0.2) is 0 Å². The summed E-state index contributed by atoms with van der Waals surface area (Å²) in [5, 5.41) is 6.01. The molecule has 0 saturated heterocycles. The lowest BCUT2D eigenvalue weighted by atomic mass is 9.99. The number of hydrogen-bond donors (Lipinski definition) is 2. The van der Waals surface area contributed by atoms with Gasteiger partial charge in [-0.25, -0.2) is 9.59 Å². The van der Waals surface area contributed by atoms with E-state index < -0.39 is 6.04 Å². The van der Waals surface area contributed by atoms with Crippen LogP contribution >= 0.6 is 0 Å². The van der Waals surface area contributed by atoms with E-state index in [0.717, 1.165) is 62.6 Å². The molecule has 0 bridgehead atoms. The smallest absolute Gasteiger partial charge is 0.329 e. The number of aromatic nitrogens is 1. The summed E-state index contributed by atoms with van der Waals surface area (Å²) in [5.41, 5.74) is 7.15. The number of esters is 1. The molecule has 0 unspecified atom stereocenters. The van der Waals surface area contributed by atoms with Crippen LogP contribution in [-0.2, 0) is 41.6 Å². The molecular weight excluding hydrogens is 390 g/mol. The second kappa shape index (κ2) is 8.69. The van der Waals surface area contributed by atoms with E-state index in [2.05, 4.69) is 21.7 Å². The van der Waals surface area contributed by atoms with Crippen molar-refractivity contribution in [3.8, 4) is 0 Å². The van der Waals surface area contributed by atoms with Gasteiger partial charge in [-0.3, -0.25) is 4.98 Å². The normalized spacial score (nSPS) is 17.5. The maximum absolute atomic E-state index is 13.0. The number of rotatable bonds is 7. The number of nitrogens with one attached hydrogen (secondary N) is 2. The zero-order valence-electron chi connectivity index (χ0n) is 17.8. The molecule has 2 aromatic rings. The third kappa shape index (κ3) is 4.58. The summed E-state index contributed by atoms with van der Waals surface area (Å²) >= 11 is 0. The molecular formula is C25H29N3O3. The molecule has 1 saturated carbocycles. The number of pyridine rings is 1. The molecule has 0 radical (unpaired) electrons. The Balaban J connectivity index is 1.32. The molecule has 162 valence electrons. The minimum absolute atomic E-state index is 0.341. The van der Waals surface area contributed by atoms with Crippen LogP contribution < -0.4 is 10.6 Å². The number of fused-ring (bicyclic) bond motifs is 2. The van der Waals surface area contributed by atoms with E-state index in [1.165, 1.54) is 22.3 Å². The average molecular weight is 420 g/mol. The van der Waals surface area contributed by atoms with E-state index in [9.17, 15) is 9.59 Å². The SMILES string of the molecule is O=C(Nc1c2c(cc3c1CCC3)CCC2)N[C@H](Cc1cccnc1)C(=O)OCC1CC1. The van der Waals surface area contributed by atoms with Gasteiger partial charge in [-0.1, -0.05) is 12.1 Å². The van der Waals surface area contributed by atoms with E-state index in [0.29, 0.717) is 18.9 Å². The third-order valence-corrected chi connectivity index (χ3v) is 6.62. The predicted octanol–water partition coefficient (Wildman–Crippen LogP) is 3.75. The summed E-state index contributed by atoms with van der Waals surface area (Å²) in [5.74, 6) is 0.0979. The Hall–Kier alpha value is -2.89. The maximum atomic E-state index is 13.0. The van der Waals surface area contributed by atoms with Crippen LogP contribution in [0.25, 0.3) is 0 Å². The van der Waals surface area contributed by atoms with Crippen molar-refractivity contribution < 1.29 is 14.3 Å². The largest absolute Gasteiger partial charge is 0.464 e. The fourth-order valence-electron chi connectivity index (χ4n) is 4.81. The molecule has 1 aromatic heterocycles. The van der Waals surface area contributed by atoms with Crippen LogP contribution in [0, 0.1) is 5.92 Å². The number of urea groups is 1. The van der Waals surface area contributed by atoms with Crippen LogP contribution in [0.1, 0.15) is 53.5 Å². The lowest BCUT2D eigenvalue weighted by Crippen LogP contribution is -2.45. The van der Waals surface area contributed by atoms with Crippen molar-refractivity contribution in [1.82, 2.24) is 10.3 Å². The second-order valence-corrected chi connectivity index (χ2v) is 9.02. The molecule has 2 amide bonds. The van der Waals surface area contributed by atoms with Crippen molar-refractivity contribution in [2.45, 2.75) is 63.8 Å². The lowest BCUT2D eigenvalue weighted by Gasteiger charge is -2.20. The zero-order chi connectivity index (χ0) is 21.2. The number of carbonyl (C=O) groups excluding carboxylic acids is 2. The van der Waals surface area contributed by atoms with Gasteiger partial charge in [-0.2, -0.15) is 0 Å². The van der Waals surface area contributed by atoms with Crippen molar-refractivity contribution in [2.24, 2.45) is 5.92 Å². The molecule has 1 aromatic carbocycles. The first-order chi connectivity index (χ1) is 15.2. The number of amides is 2. The molecule has 6 nitrogen and oxygen atoms in total. The minimum Gasteiger partial charge on any atom is -0.464 e. The van der Waals surface area contributed by atoms with Crippen LogP contribution in [-0.4, -0.2) is 29.6 Å². The number of nitrogens with zero attached hydrogens (tertiary/aromatic N) is 1. The fraction of sp³-hybridized carbons (Fsp3) is 0.480. The molecule has 1 atom stereocenters. The highest BCUT2D eigenvalue weighted by atomic mass is 16.5. The van der Waals surface area contributed by atoms with Gasteiger partial charge in [0.1, 0.15) is 6.04 Å². The highest BCUT2D eigenvalue weighted by molar-refractivity contribution is 5.94. The van der Waals surface area contributed by atoms with E-state index in [4.69, 9.17) is 4.74 Å². The molecule has 31 heavy (non-hydrogen) atoms. The number of carbonyl (C=O) groups is 2. The summed E-state index contributed by atoms with van der Waals surface area (Å²) < 4.78 is 5.50. The van der Waals surface area contributed by atoms with Crippen molar-refractivity contribution in [3.05, 3.63) is 58.4 Å². The van der Waals surface area contributed by atoms with Gasteiger partial charge >= 0.3 is 12.0 Å². The summed E-state index contributed by atoms with van der Waals surface area (Å²) in [6.45, 7) is 0.436. The van der Waals surface area contributed by atoms with E-state index in [1.54, 1.807) is 12.4 Å². The molecule has 1 heterocycles. The Morgan fingerprint density at radius 1 is 1.10 bits per heavy atom. The maximum Gasteiger partial charge on any atom is 0.329 e. The van der Waals surface area contributed by atoms with Gasteiger partial charge < -0.3 is 15.4 Å². The van der Waals surface area contributed by atoms with Crippen molar-refractivity contribution in [3.63, 3.8) is 0 Å². The Bertz CT molecular complexity index is 953. The third-order valence-electron chi connectivity index (χ3n) is 6.62. The summed E-state index contributed by atoms with van der Waals surface area (Å²) in [6.07, 6.45) is 12.4. The molecule has 0 spiro atoms. The topological polar surface area (TPSA) is 80.3 Å². The zero-order valence-corrected chi connectivity index (χ0v) is 17.8. The van der Waals surface area contributed by atoms with Crippen LogP contribution in [0.2, 0.25) is 0 Å². The van der Waals surface area contributed by atoms with Crippen molar-refractivity contribution in [2.75, 3.05) is 11.9 Å². The van der Waals surface area contributed by atoms with Crippen LogP contribution in [0.15, 0.2) is 30.6 Å². The van der Waals surface area contributed by atoms with Gasteiger partial charge in [0.2, 0.25) is 0 Å². The molecule has 6 heteroatoms. The highest BCUT2D eigenvalue weighted by Gasteiger charge is 2.29. The first-order valence-electron chi connectivity index (χ1n) is 11.5. The number of benzene rings is 1. The van der Waals surface area contributed by atoms with Crippen LogP contribution in [0.5, 0.6) is 0 Å². The van der Waals surface area contributed by atoms with E-state index in [-0.39, 0.29) is 12.0 Å². The predicted molar refractivity (Wildman–Crippen MR) is 118 cm³/mol. The molecule has 2 N–H and O–H groups in total. The number of aryl methyl sites for hydroxylation is 2. The highest BCUT2D eigenvalue weighted by Crippen LogP contribution is 2.38. The van der Waals surface area contributed by atoms with Crippen molar-refractivity contribution in [1.29, 1.82) is 0 Å². The number of ether oxygens (including phenoxy) is 1. The van der Waals surface area contributed by atoms with Gasteiger partial charge in [0, 0.05) is 24.5 Å². The van der Waals surface area contributed by atoms with Gasteiger partial charge in [-0.15, -0.1) is 0 Å². The van der Waals surface area contributed by atoms with E-state index in [1.807, 2.05) is 12.1 Å². The van der Waals surface area contributed by atoms with Crippen LogP contribution in [0.3, 0.4) is 0 Å². The van der Waals surface area contributed by atoms with Crippen molar-refractivity contribution >= 4 is 17.7 Å². The summed E-state index contributed by atoms with van der Waals surface area (Å²) in [7, 11) is 0. The molecule has 1 fully saturated rings. The molecule has 3 aliphatic rings. The Morgan fingerprint density at radius 2 is 1.84 bits per heavy atom. The first kappa shape index (κ1) is 20.0. The Labute approximate surface area is 182 Å². The van der Waals surface area contributed by atoms with E-state index >= 15 is 0 Å². The Kier molecular flexibility index (Phi) is 5.62. The molecule has 0 aliphatic heterocycles. The Morgan fingerprint density at radius 3 is 2.48 bits per heavy atom. The van der Waals surface area contributed by atoms with Gasteiger partial charge in [0.05, 0.1) is 6.61 Å². The second-order valence-electron chi connectivity index (χ2n) is 9.02.